The number of rotatable bonds is 3. The van der Waals surface area contributed by atoms with Crippen molar-refractivity contribution in [2.45, 2.75) is 0 Å². The molecule has 0 saturated carbocycles. The summed E-state index contributed by atoms with van der Waals surface area (Å²) in [5, 5.41) is 3.03. The second-order valence-corrected chi connectivity index (χ2v) is 5.32. The molecule has 0 aliphatic carbocycles. The lowest BCUT2D eigenvalue weighted by molar-refractivity contribution is -0.113. The number of imide groups is 1. The fourth-order valence-electron chi connectivity index (χ4n) is 2.25. The van der Waals surface area contributed by atoms with E-state index in [0.717, 1.165) is 16.2 Å². The highest BCUT2D eigenvalue weighted by Gasteiger charge is 2.34. The fraction of sp³-hybridized carbons (Fsp3) is 0.0588. The number of anilines is 1. The van der Waals surface area contributed by atoms with Gasteiger partial charge in [-0.05, 0) is 42.0 Å². The lowest BCUT2D eigenvalue weighted by atomic mass is 10.2. The normalized spacial score (nSPS) is 15.9. The third-order valence-electron chi connectivity index (χ3n) is 3.37. The first-order chi connectivity index (χ1) is 11.1. The zero-order valence-corrected chi connectivity index (χ0v) is 13.0. The number of carbonyl (C=O) groups excluding carboxylic acids is 2. The number of nitrogens with zero attached hydrogens (tertiary/aromatic N) is 1. The average Bonchev–Trinajstić information content (AvgIpc) is 2.82. The SMILES string of the molecule is COc1ccc(C=C2NC(=O)N(c3cccc(Cl)c3)C2=O)cc1. The van der Waals surface area contributed by atoms with Gasteiger partial charge in [-0.25, -0.2) is 9.69 Å². The summed E-state index contributed by atoms with van der Waals surface area (Å²) in [6.45, 7) is 0. The number of nitrogens with one attached hydrogen (secondary N) is 1. The van der Waals surface area contributed by atoms with Crippen LogP contribution >= 0.6 is 11.6 Å². The van der Waals surface area contributed by atoms with Gasteiger partial charge in [0.05, 0.1) is 12.8 Å². The molecule has 0 spiro atoms. The number of carbonyl (C=O) groups is 2. The van der Waals surface area contributed by atoms with Crippen LogP contribution in [0.3, 0.4) is 0 Å². The second-order valence-electron chi connectivity index (χ2n) is 4.88. The van der Waals surface area contributed by atoms with Crippen molar-refractivity contribution in [1.82, 2.24) is 5.32 Å². The standard InChI is InChI=1S/C17H13ClN2O3/c1-23-14-7-5-11(6-8-14)9-15-16(21)20(17(22)19-15)13-4-2-3-12(18)10-13/h2-10H,1H3,(H,19,22). The Kier molecular flexibility index (Phi) is 4.04. The van der Waals surface area contributed by atoms with Gasteiger partial charge in [-0.2, -0.15) is 0 Å². The summed E-state index contributed by atoms with van der Waals surface area (Å²) in [6.07, 6.45) is 1.62. The maximum absolute atomic E-state index is 12.5. The minimum atomic E-state index is -0.503. The van der Waals surface area contributed by atoms with Crippen molar-refractivity contribution in [3.05, 3.63) is 64.8 Å². The predicted molar refractivity (Wildman–Crippen MR) is 88.4 cm³/mol. The van der Waals surface area contributed by atoms with Crippen LogP contribution in [-0.2, 0) is 4.79 Å². The Labute approximate surface area is 138 Å². The third-order valence-corrected chi connectivity index (χ3v) is 3.61. The van der Waals surface area contributed by atoms with Crippen molar-refractivity contribution in [3.63, 3.8) is 0 Å². The number of ether oxygens (including phenoxy) is 1. The largest absolute Gasteiger partial charge is 0.497 e. The number of hydrogen-bond donors (Lipinski definition) is 1. The zero-order chi connectivity index (χ0) is 16.4. The molecule has 1 fully saturated rings. The van der Waals surface area contributed by atoms with Gasteiger partial charge in [0.15, 0.2) is 0 Å². The first-order valence-electron chi connectivity index (χ1n) is 6.85. The summed E-state index contributed by atoms with van der Waals surface area (Å²) in [5.41, 5.74) is 1.42. The van der Waals surface area contributed by atoms with E-state index in [1.165, 1.54) is 0 Å². The quantitative estimate of drug-likeness (QED) is 0.693. The Morgan fingerprint density at radius 1 is 1.13 bits per heavy atom. The van der Waals surface area contributed by atoms with Crippen LogP contribution in [-0.4, -0.2) is 19.0 Å². The minimum Gasteiger partial charge on any atom is -0.497 e. The van der Waals surface area contributed by atoms with E-state index in [-0.39, 0.29) is 5.70 Å². The highest BCUT2D eigenvalue weighted by Crippen LogP contribution is 2.25. The van der Waals surface area contributed by atoms with E-state index in [1.807, 2.05) is 0 Å². The molecule has 23 heavy (non-hydrogen) atoms. The topological polar surface area (TPSA) is 58.6 Å². The predicted octanol–water partition coefficient (Wildman–Crippen LogP) is 3.45. The Bertz CT molecular complexity index is 800. The van der Waals surface area contributed by atoms with E-state index in [9.17, 15) is 9.59 Å². The Morgan fingerprint density at radius 3 is 2.52 bits per heavy atom. The number of amides is 3. The van der Waals surface area contributed by atoms with Crippen LogP contribution in [0.15, 0.2) is 54.2 Å². The van der Waals surface area contributed by atoms with Crippen LogP contribution in [0, 0.1) is 0 Å². The van der Waals surface area contributed by atoms with Crippen LogP contribution in [0.5, 0.6) is 5.75 Å². The van der Waals surface area contributed by atoms with Gasteiger partial charge < -0.3 is 10.1 Å². The van der Waals surface area contributed by atoms with Gasteiger partial charge in [0.1, 0.15) is 11.4 Å². The maximum Gasteiger partial charge on any atom is 0.333 e. The van der Waals surface area contributed by atoms with Crippen LogP contribution in [0.1, 0.15) is 5.56 Å². The monoisotopic (exact) mass is 328 g/mol. The highest BCUT2D eigenvalue weighted by molar-refractivity contribution is 6.32. The summed E-state index contributed by atoms with van der Waals surface area (Å²) in [5.74, 6) is 0.294. The van der Waals surface area contributed by atoms with Gasteiger partial charge in [0.2, 0.25) is 0 Å². The molecule has 0 bridgehead atoms. The first kappa shape index (κ1) is 15.1. The summed E-state index contributed by atoms with van der Waals surface area (Å²) in [4.78, 5) is 25.6. The molecule has 6 heteroatoms. The van der Waals surface area contributed by atoms with E-state index < -0.39 is 11.9 Å². The smallest absolute Gasteiger partial charge is 0.333 e. The zero-order valence-electron chi connectivity index (χ0n) is 12.2. The van der Waals surface area contributed by atoms with Gasteiger partial charge in [-0.15, -0.1) is 0 Å². The summed E-state index contributed by atoms with van der Waals surface area (Å²) in [6, 6.07) is 13.2. The van der Waals surface area contributed by atoms with Crippen molar-refractivity contribution in [2.24, 2.45) is 0 Å². The van der Waals surface area contributed by atoms with Crippen LogP contribution in [0.25, 0.3) is 6.08 Å². The molecule has 2 aromatic carbocycles. The lowest BCUT2D eigenvalue weighted by Crippen LogP contribution is -2.30. The maximum atomic E-state index is 12.5. The Hall–Kier alpha value is -2.79. The van der Waals surface area contributed by atoms with Crippen LogP contribution in [0.4, 0.5) is 10.5 Å². The minimum absolute atomic E-state index is 0.208. The van der Waals surface area contributed by atoms with Gasteiger partial charge in [-0.3, -0.25) is 4.79 Å². The Balaban J connectivity index is 1.89. The number of urea groups is 1. The van der Waals surface area contributed by atoms with E-state index in [2.05, 4.69) is 5.32 Å². The van der Waals surface area contributed by atoms with Gasteiger partial charge in [-0.1, -0.05) is 29.8 Å². The molecular weight excluding hydrogens is 316 g/mol. The van der Waals surface area contributed by atoms with Crippen LogP contribution < -0.4 is 15.0 Å². The number of hydrogen-bond acceptors (Lipinski definition) is 3. The molecule has 0 unspecified atom stereocenters. The van der Waals surface area contributed by atoms with Crippen molar-refractivity contribution in [2.75, 3.05) is 12.0 Å². The fourth-order valence-corrected chi connectivity index (χ4v) is 2.44. The molecule has 1 saturated heterocycles. The van der Waals surface area contributed by atoms with Crippen molar-refractivity contribution in [1.29, 1.82) is 0 Å². The molecule has 0 atom stereocenters. The number of benzene rings is 2. The molecule has 1 aliphatic rings. The molecule has 116 valence electrons. The molecule has 3 rings (SSSR count). The highest BCUT2D eigenvalue weighted by atomic mass is 35.5. The molecule has 0 radical (unpaired) electrons. The van der Waals surface area contributed by atoms with Crippen molar-refractivity contribution in [3.8, 4) is 5.75 Å². The third kappa shape index (κ3) is 3.05. The summed E-state index contributed by atoms with van der Waals surface area (Å²) < 4.78 is 5.09. The lowest BCUT2D eigenvalue weighted by Gasteiger charge is -2.11. The van der Waals surface area contributed by atoms with Crippen molar-refractivity contribution >= 4 is 35.3 Å². The van der Waals surface area contributed by atoms with Gasteiger partial charge in [0, 0.05) is 5.02 Å². The molecule has 1 N–H and O–H groups in total. The number of halogens is 1. The number of methoxy groups -OCH3 is 1. The van der Waals surface area contributed by atoms with Gasteiger partial charge >= 0.3 is 6.03 Å². The van der Waals surface area contributed by atoms with E-state index in [0.29, 0.717) is 10.7 Å². The Morgan fingerprint density at radius 2 is 1.87 bits per heavy atom. The molecule has 2 aromatic rings. The second kappa shape index (κ2) is 6.14. The average molecular weight is 329 g/mol. The molecule has 3 amide bonds. The summed E-state index contributed by atoms with van der Waals surface area (Å²) >= 11 is 5.92. The molecule has 5 nitrogen and oxygen atoms in total. The van der Waals surface area contributed by atoms with E-state index in [1.54, 1.807) is 61.7 Å². The molecule has 0 aromatic heterocycles. The van der Waals surface area contributed by atoms with Gasteiger partial charge in [0.25, 0.3) is 5.91 Å². The molecule has 1 heterocycles. The first-order valence-corrected chi connectivity index (χ1v) is 7.23. The molecule has 1 aliphatic heterocycles. The molecular formula is C17H13ClN2O3. The summed E-state index contributed by atoms with van der Waals surface area (Å²) in [7, 11) is 1.58. The van der Waals surface area contributed by atoms with Crippen LogP contribution in [0.2, 0.25) is 5.02 Å². The van der Waals surface area contributed by atoms with E-state index in [4.69, 9.17) is 16.3 Å². The van der Waals surface area contributed by atoms with E-state index >= 15 is 0 Å². The van der Waals surface area contributed by atoms with Crippen molar-refractivity contribution < 1.29 is 14.3 Å².